The molecule has 0 saturated heterocycles. The van der Waals surface area contributed by atoms with Gasteiger partial charge in [0.25, 0.3) is 0 Å². The fourth-order valence-corrected chi connectivity index (χ4v) is 2.13. The zero-order valence-electron chi connectivity index (χ0n) is 12.0. The summed E-state index contributed by atoms with van der Waals surface area (Å²) in [6.07, 6.45) is 1.75. The summed E-state index contributed by atoms with van der Waals surface area (Å²) in [7, 11) is 1.68. The van der Waals surface area contributed by atoms with Gasteiger partial charge in [-0.2, -0.15) is 0 Å². The Labute approximate surface area is 130 Å². The Bertz CT molecular complexity index is 549. The number of rotatable bonds is 8. The summed E-state index contributed by atoms with van der Waals surface area (Å²) in [4.78, 5) is 4.24. The van der Waals surface area contributed by atoms with Crippen LogP contribution < -0.4 is 10.1 Å². The van der Waals surface area contributed by atoms with Crippen molar-refractivity contribution in [2.75, 3.05) is 20.3 Å². The summed E-state index contributed by atoms with van der Waals surface area (Å²) in [5, 5.41) is 3.90. The second-order valence-corrected chi connectivity index (χ2v) is 4.91. The van der Waals surface area contributed by atoms with Crippen LogP contribution in [0.2, 0.25) is 5.02 Å². The molecular formula is C16H19ClN2O2. The van der Waals surface area contributed by atoms with E-state index in [4.69, 9.17) is 21.1 Å². The first-order valence-electron chi connectivity index (χ1n) is 6.81. The molecule has 0 atom stereocenters. The molecule has 1 N–H and O–H groups in total. The Morgan fingerprint density at radius 3 is 2.86 bits per heavy atom. The molecule has 1 heterocycles. The van der Waals surface area contributed by atoms with E-state index in [0.29, 0.717) is 30.5 Å². The maximum atomic E-state index is 6.24. The standard InChI is InChI=1S/C16H19ClN2O2/c1-20-10-9-18-11-13-5-4-7-15(17)16(13)21-12-14-6-2-3-8-19-14/h2-8,18H,9-12H2,1H3. The van der Waals surface area contributed by atoms with Crippen molar-refractivity contribution in [2.24, 2.45) is 0 Å². The SMILES string of the molecule is COCCNCc1cccc(Cl)c1OCc1ccccn1. The third-order valence-corrected chi connectivity index (χ3v) is 3.24. The van der Waals surface area contributed by atoms with Gasteiger partial charge < -0.3 is 14.8 Å². The quantitative estimate of drug-likeness (QED) is 0.761. The van der Waals surface area contributed by atoms with Crippen LogP contribution in [0.15, 0.2) is 42.6 Å². The van der Waals surface area contributed by atoms with Crippen molar-refractivity contribution in [3.63, 3.8) is 0 Å². The molecule has 21 heavy (non-hydrogen) atoms. The summed E-state index contributed by atoms with van der Waals surface area (Å²) in [6.45, 7) is 2.53. The second kappa shape index (κ2) is 8.62. The van der Waals surface area contributed by atoms with Gasteiger partial charge in [-0.25, -0.2) is 0 Å². The molecule has 0 unspecified atom stereocenters. The Balaban J connectivity index is 2.00. The molecule has 112 valence electrons. The Morgan fingerprint density at radius 2 is 2.10 bits per heavy atom. The molecule has 1 aromatic heterocycles. The summed E-state index contributed by atoms with van der Waals surface area (Å²) < 4.78 is 10.9. The minimum Gasteiger partial charge on any atom is -0.485 e. The van der Waals surface area contributed by atoms with E-state index in [0.717, 1.165) is 17.8 Å². The van der Waals surface area contributed by atoms with Crippen molar-refractivity contribution in [1.29, 1.82) is 0 Å². The Hall–Kier alpha value is -1.62. The van der Waals surface area contributed by atoms with Crippen molar-refractivity contribution < 1.29 is 9.47 Å². The highest BCUT2D eigenvalue weighted by Gasteiger charge is 2.08. The minimum absolute atomic E-state index is 0.398. The van der Waals surface area contributed by atoms with E-state index in [1.165, 1.54) is 0 Å². The largest absolute Gasteiger partial charge is 0.485 e. The lowest BCUT2D eigenvalue weighted by Gasteiger charge is -2.13. The van der Waals surface area contributed by atoms with Crippen molar-refractivity contribution in [3.8, 4) is 5.75 Å². The highest BCUT2D eigenvalue weighted by Crippen LogP contribution is 2.29. The Kier molecular flexibility index (Phi) is 6.47. The van der Waals surface area contributed by atoms with Crippen molar-refractivity contribution in [1.82, 2.24) is 10.3 Å². The third-order valence-electron chi connectivity index (χ3n) is 2.94. The number of ether oxygens (including phenoxy) is 2. The van der Waals surface area contributed by atoms with E-state index in [1.54, 1.807) is 13.3 Å². The highest BCUT2D eigenvalue weighted by molar-refractivity contribution is 6.32. The summed E-state index contributed by atoms with van der Waals surface area (Å²) >= 11 is 6.24. The average Bonchev–Trinajstić information content (AvgIpc) is 2.52. The van der Waals surface area contributed by atoms with Crippen LogP contribution in [0, 0.1) is 0 Å². The van der Waals surface area contributed by atoms with Gasteiger partial charge >= 0.3 is 0 Å². The number of aromatic nitrogens is 1. The van der Waals surface area contributed by atoms with Gasteiger partial charge in [0, 0.05) is 32.0 Å². The third kappa shape index (κ3) is 5.01. The van der Waals surface area contributed by atoms with Crippen molar-refractivity contribution in [3.05, 3.63) is 58.9 Å². The average molecular weight is 307 g/mol. The van der Waals surface area contributed by atoms with Crippen LogP contribution in [0.25, 0.3) is 0 Å². The minimum atomic E-state index is 0.398. The number of hydrogen-bond acceptors (Lipinski definition) is 4. The molecule has 0 aliphatic heterocycles. The van der Waals surface area contributed by atoms with Gasteiger partial charge in [-0.1, -0.05) is 29.8 Å². The van der Waals surface area contributed by atoms with E-state index < -0.39 is 0 Å². The van der Waals surface area contributed by atoms with Crippen LogP contribution in [0.4, 0.5) is 0 Å². The summed E-state index contributed by atoms with van der Waals surface area (Å²) in [5.74, 6) is 0.703. The monoisotopic (exact) mass is 306 g/mol. The van der Waals surface area contributed by atoms with E-state index in [9.17, 15) is 0 Å². The first-order chi connectivity index (χ1) is 10.3. The molecule has 0 amide bonds. The molecular weight excluding hydrogens is 288 g/mol. The maximum absolute atomic E-state index is 6.24. The smallest absolute Gasteiger partial charge is 0.142 e. The van der Waals surface area contributed by atoms with Gasteiger partial charge in [0.2, 0.25) is 0 Å². The molecule has 0 aliphatic rings. The number of nitrogens with one attached hydrogen (secondary N) is 1. The van der Waals surface area contributed by atoms with Gasteiger partial charge in [0.05, 0.1) is 17.3 Å². The maximum Gasteiger partial charge on any atom is 0.142 e. The number of nitrogens with zero attached hydrogens (tertiary/aromatic N) is 1. The molecule has 0 saturated carbocycles. The molecule has 2 aromatic rings. The first-order valence-corrected chi connectivity index (χ1v) is 7.19. The lowest BCUT2D eigenvalue weighted by Crippen LogP contribution is -2.19. The van der Waals surface area contributed by atoms with Gasteiger partial charge in [-0.3, -0.25) is 4.98 Å². The molecule has 0 aliphatic carbocycles. The molecule has 0 fully saturated rings. The van der Waals surface area contributed by atoms with Gasteiger partial charge in [0.1, 0.15) is 12.4 Å². The molecule has 0 radical (unpaired) electrons. The van der Waals surface area contributed by atoms with E-state index in [2.05, 4.69) is 10.3 Å². The number of halogens is 1. The summed E-state index contributed by atoms with van der Waals surface area (Å²) in [6, 6.07) is 11.5. The lowest BCUT2D eigenvalue weighted by molar-refractivity contribution is 0.199. The first kappa shape index (κ1) is 15.8. The fraction of sp³-hybridized carbons (Fsp3) is 0.312. The van der Waals surface area contributed by atoms with Crippen molar-refractivity contribution >= 4 is 11.6 Å². The fourth-order valence-electron chi connectivity index (χ4n) is 1.88. The Morgan fingerprint density at radius 1 is 1.19 bits per heavy atom. The van der Waals surface area contributed by atoms with E-state index in [-0.39, 0.29) is 0 Å². The zero-order chi connectivity index (χ0) is 14.9. The topological polar surface area (TPSA) is 43.4 Å². The van der Waals surface area contributed by atoms with Crippen LogP contribution in [0.5, 0.6) is 5.75 Å². The molecule has 1 aromatic carbocycles. The lowest BCUT2D eigenvalue weighted by atomic mass is 10.2. The van der Waals surface area contributed by atoms with Gasteiger partial charge in [0.15, 0.2) is 0 Å². The normalized spacial score (nSPS) is 10.6. The molecule has 0 spiro atoms. The molecule has 0 bridgehead atoms. The van der Waals surface area contributed by atoms with Crippen molar-refractivity contribution in [2.45, 2.75) is 13.2 Å². The van der Waals surface area contributed by atoms with Crippen LogP contribution in [0.1, 0.15) is 11.3 Å². The number of pyridine rings is 1. The predicted octanol–water partition coefficient (Wildman–Crippen LogP) is 3.05. The molecule has 2 rings (SSSR count). The summed E-state index contributed by atoms with van der Waals surface area (Å²) in [5.41, 5.74) is 1.89. The number of benzene rings is 1. The zero-order valence-corrected chi connectivity index (χ0v) is 12.8. The molecule has 4 nitrogen and oxygen atoms in total. The number of methoxy groups -OCH3 is 1. The molecule has 5 heteroatoms. The van der Waals surface area contributed by atoms with Gasteiger partial charge in [-0.05, 0) is 18.2 Å². The highest BCUT2D eigenvalue weighted by atomic mass is 35.5. The van der Waals surface area contributed by atoms with Crippen LogP contribution in [-0.2, 0) is 17.9 Å². The van der Waals surface area contributed by atoms with Crippen LogP contribution >= 0.6 is 11.6 Å². The van der Waals surface area contributed by atoms with Crippen LogP contribution in [-0.4, -0.2) is 25.2 Å². The van der Waals surface area contributed by atoms with E-state index >= 15 is 0 Å². The van der Waals surface area contributed by atoms with Gasteiger partial charge in [-0.15, -0.1) is 0 Å². The van der Waals surface area contributed by atoms with Crippen LogP contribution in [0.3, 0.4) is 0 Å². The van der Waals surface area contributed by atoms with E-state index in [1.807, 2.05) is 36.4 Å². The number of para-hydroxylation sites is 1. The predicted molar refractivity (Wildman–Crippen MR) is 83.6 cm³/mol. The second-order valence-electron chi connectivity index (χ2n) is 4.51. The number of hydrogen-bond donors (Lipinski definition) is 1.